The lowest BCUT2D eigenvalue weighted by Gasteiger charge is -2.29. The number of rotatable bonds is 8. The summed E-state index contributed by atoms with van der Waals surface area (Å²) in [5.74, 6) is 2.07. The molecule has 1 atom stereocenters. The molecular formula is C24H29ClN4O3S. The second kappa shape index (κ2) is 11.6. The standard InChI is InChI=1S/C24H29ClN4O3S/c25-19-10-12-21(13-11-19)29(20-4-2-1-3-5-20)24(31)32-16-18-8-6-17(7-9-18)14-15-33-23-26-22(30)27-28-23/h1-5,10-13,17-18,23,28H,6-9,14-16H2,(H2,26,27,30). The Morgan fingerprint density at radius 3 is 2.33 bits per heavy atom. The zero-order valence-corrected chi connectivity index (χ0v) is 19.9. The van der Waals surface area contributed by atoms with Gasteiger partial charge in [0, 0.05) is 5.02 Å². The van der Waals surface area contributed by atoms with E-state index >= 15 is 0 Å². The molecule has 3 amide bonds. The number of carbonyl (C=O) groups excluding carboxylic acids is 2. The second-order valence-corrected chi connectivity index (χ2v) is 10.0. The smallest absolute Gasteiger partial charge is 0.418 e. The highest BCUT2D eigenvalue weighted by molar-refractivity contribution is 7.99. The Labute approximate surface area is 203 Å². The number of hydrazine groups is 1. The van der Waals surface area contributed by atoms with Gasteiger partial charge in [-0.25, -0.2) is 19.9 Å². The van der Waals surface area contributed by atoms with Gasteiger partial charge in [-0.1, -0.05) is 42.6 Å². The third-order valence-electron chi connectivity index (χ3n) is 6.08. The summed E-state index contributed by atoms with van der Waals surface area (Å²) >= 11 is 7.74. The summed E-state index contributed by atoms with van der Waals surface area (Å²) in [7, 11) is 0. The van der Waals surface area contributed by atoms with Gasteiger partial charge in [-0.3, -0.25) is 5.43 Å². The SMILES string of the molecule is O=C1NNC(SCCC2CCC(COC(=O)N(c3ccccc3)c3ccc(Cl)cc3)CC2)N1. The van der Waals surface area contributed by atoms with Crippen molar-refractivity contribution in [2.24, 2.45) is 11.8 Å². The predicted octanol–water partition coefficient (Wildman–Crippen LogP) is 5.65. The van der Waals surface area contributed by atoms with Gasteiger partial charge in [0.2, 0.25) is 0 Å². The lowest BCUT2D eigenvalue weighted by atomic mass is 9.81. The number of thioether (sulfide) groups is 1. The second-order valence-electron chi connectivity index (χ2n) is 8.39. The topological polar surface area (TPSA) is 82.7 Å². The number of anilines is 2. The number of carbonyl (C=O) groups is 2. The molecule has 3 N–H and O–H groups in total. The Morgan fingerprint density at radius 2 is 1.67 bits per heavy atom. The summed E-state index contributed by atoms with van der Waals surface area (Å²) in [6.07, 6.45) is 5.17. The monoisotopic (exact) mass is 488 g/mol. The molecule has 1 aliphatic heterocycles. The third kappa shape index (κ3) is 6.79. The van der Waals surface area contributed by atoms with E-state index in [1.165, 1.54) is 0 Å². The van der Waals surface area contributed by atoms with Gasteiger partial charge in [0.1, 0.15) is 5.50 Å². The van der Waals surface area contributed by atoms with E-state index in [4.69, 9.17) is 16.3 Å². The number of para-hydroxylation sites is 1. The molecule has 1 unspecified atom stereocenters. The van der Waals surface area contributed by atoms with Gasteiger partial charge < -0.3 is 10.1 Å². The summed E-state index contributed by atoms with van der Waals surface area (Å²) in [4.78, 5) is 25.8. The number of nitrogens with zero attached hydrogens (tertiary/aromatic N) is 1. The van der Waals surface area contributed by atoms with Crippen molar-refractivity contribution in [3.05, 3.63) is 59.6 Å². The Morgan fingerprint density at radius 1 is 1.00 bits per heavy atom. The molecule has 33 heavy (non-hydrogen) atoms. The summed E-state index contributed by atoms with van der Waals surface area (Å²) in [5.41, 5.74) is 6.88. The van der Waals surface area contributed by atoms with Gasteiger partial charge in [0.15, 0.2) is 0 Å². The average molecular weight is 489 g/mol. The van der Waals surface area contributed by atoms with E-state index in [1.54, 1.807) is 28.8 Å². The van der Waals surface area contributed by atoms with Crippen LogP contribution in [0.4, 0.5) is 21.0 Å². The van der Waals surface area contributed by atoms with Crippen molar-refractivity contribution in [3.63, 3.8) is 0 Å². The van der Waals surface area contributed by atoms with Crippen LogP contribution < -0.4 is 21.1 Å². The molecule has 0 spiro atoms. The molecule has 1 heterocycles. The molecule has 0 bridgehead atoms. The van der Waals surface area contributed by atoms with Crippen LogP contribution in [0, 0.1) is 11.8 Å². The first kappa shape index (κ1) is 23.7. The molecule has 2 aromatic carbocycles. The van der Waals surface area contributed by atoms with Gasteiger partial charge in [-0.15, -0.1) is 11.8 Å². The largest absolute Gasteiger partial charge is 0.449 e. The zero-order chi connectivity index (χ0) is 23.0. The quantitative estimate of drug-likeness (QED) is 0.447. The van der Waals surface area contributed by atoms with Crippen LogP contribution >= 0.6 is 23.4 Å². The van der Waals surface area contributed by atoms with Gasteiger partial charge in [0.05, 0.1) is 18.0 Å². The lowest BCUT2D eigenvalue weighted by molar-refractivity contribution is 0.116. The average Bonchev–Trinajstić information content (AvgIpc) is 3.25. The van der Waals surface area contributed by atoms with E-state index in [0.29, 0.717) is 23.5 Å². The highest BCUT2D eigenvalue weighted by Gasteiger charge is 2.26. The van der Waals surface area contributed by atoms with Crippen molar-refractivity contribution in [3.8, 4) is 0 Å². The first-order valence-electron chi connectivity index (χ1n) is 11.3. The molecular weight excluding hydrogens is 460 g/mol. The maximum Gasteiger partial charge on any atom is 0.418 e. The normalized spacial score (nSPS) is 22.3. The molecule has 1 aliphatic carbocycles. The highest BCUT2D eigenvalue weighted by atomic mass is 35.5. The van der Waals surface area contributed by atoms with Crippen LogP contribution in [0.5, 0.6) is 0 Å². The van der Waals surface area contributed by atoms with Crippen molar-refractivity contribution in [1.82, 2.24) is 16.2 Å². The number of halogens is 1. The third-order valence-corrected chi connectivity index (χ3v) is 7.37. The lowest BCUT2D eigenvalue weighted by Crippen LogP contribution is -2.31. The minimum absolute atomic E-state index is 0.0542. The minimum atomic E-state index is -0.373. The van der Waals surface area contributed by atoms with Crippen molar-refractivity contribution >= 4 is 46.9 Å². The maximum atomic E-state index is 13.1. The fourth-order valence-corrected chi connectivity index (χ4v) is 5.39. The number of hydrogen-bond acceptors (Lipinski definition) is 5. The number of ether oxygens (including phenoxy) is 1. The van der Waals surface area contributed by atoms with Crippen LogP contribution in [0.1, 0.15) is 32.1 Å². The summed E-state index contributed by atoms with van der Waals surface area (Å²) < 4.78 is 5.77. The number of amides is 3. The fourth-order valence-electron chi connectivity index (χ4n) is 4.23. The van der Waals surface area contributed by atoms with Gasteiger partial charge in [-0.05, 0) is 73.2 Å². The van der Waals surface area contributed by atoms with Crippen molar-refractivity contribution in [2.45, 2.75) is 37.6 Å². The van der Waals surface area contributed by atoms with Crippen LogP contribution in [-0.2, 0) is 4.74 Å². The van der Waals surface area contributed by atoms with Crippen LogP contribution in [0.2, 0.25) is 5.02 Å². The van der Waals surface area contributed by atoms with E-state index in [2.05, 4.69) is 16.2 Å². The Hall–Kier alpha value is -2.42. The molecule has 9 heteroatoms. The van der Waals surface area contributed by atoms with Gasteiger partial charge in [-0.2, -0.15) is 0 Å². The fraction of sp³-hybridized carbons (Fsp3) is 0.417. The summed E-state index contributed by atoms with van der Waals surface area (Å²) in [5, 5.41) is 3.43. The molecule has 0 radical (unpaired) electrons. The Bertz CT molecular complexity index is 923. The first-order chi connectivity index (χ1) is 16.1. The van der Waals surface area contributed by atoms with Crippen LogP contribution in [0.25, 0.3) is 0 Å². The van der Waals surface area contributed by atoms with Gasteiger partial charge >= 0.3 is 12.1 Å². The van der Waals surface area contributed by atoms with E-state index in [-0.39, 0.29) is 17.6 Å². The van der Waals surface area contributed by atoms with Gasteiger partial charge in [0.25, 0.3) is 0 Å². The molecule has 1 saturated carbocycles. The van der Waals surface area contributed by atoms with Crippen LogP contribution in [-0.4, -0.2) is 30.0 Å². The van der Waals surface area contributed by atoms with E-state index in [1.807, 2.05) is 42.5 Å². The molecule has 2 aromatic rings. The molecule has 1 saturated heterocycles. The van der Waals surface area contributed by atoms with Crippen molar-refractivity contribution in [1.29, 1.82) is 0 Å². The number of nitrogens with one attached hydrogen (secondary N) is 3. The van der Waals surface area contributed by atoms with E-state index in [0.717, 1.165) is 49.2 Å². The Kier molecular flexibility index (Phi) is 8.36. The predicted molar refractivity (Wildman–Crippen MR) is 132 cm³/mol. The van der Waals surface area contributed by atoms with E-state index in [9.17, 15) is 9.59 Å². The molecule has 7 nitrogen and oxygen atoms in total. The molecule has 4 rings (SSSR count). The number of hydrogen-bond donors (Lipinski definition) is 3. The zero-order valence-electron chi connectivity index (χ0n) is 18.3. The maximum absolute atomic E-state index is 13.1. The van der Waals surface area contributed by atoms with Crippen molar-refractivity contribution < 1.29 is 14.3 Å². The Balaban J connectivity index is 1.23. The minimum Gasteiger partial charge on any atom is -0.449 e. The number of benzene rings is 2. The molecule has 2 aliphatic rings. The molecule has 176 valence electrons. The summed E-state index contributed by atoms with van der Waals surface area (Å²) in [6, 6.07) is 16.5. The summed E-state index contributed by atoms with van der Waals surface area (Å²) in [6.45, 7) is 0.431. The van der Waals surface area contributed by atoms with Crippen LogP contribution in [0.3, 0.4) is 0 Å². The molecule has 2 fully saturated rings. The molecule has 0 aromatic heterocycles. The highest BCUT2D eigenvalue weighted by Crippen LogP contribution is 2.33. The van der Waals surface area contributed by atoms with Crippen LogP contribution in [0.15, 0.2) is 54.6 Å². The van der Waals surface area contributed by atoms with Crippen molar-refractivity contribution in [2.75, 3.05) is 17.3 Å². The first-order valence-corrected chi connectivity index (χ1v) is 12.7. The van der Waals surface area contributed by atoms with E-state index < -0.39 is 0 Å². The number of urea groups is 1.